The molecule has 2 aromatic rings. The van der Waals surface area contributed by atoms with Crippen molar-refractivity contribution in [1.29, 1.82) is 0 Å². The molecule has 4 nitrogen and oxygen atoms in total. The zero-order valence-electron chi connectivity index (χ0n) is 12.2. The third-order valence-electron chi connectivity index (χ3n) is 3.41. The van der Waals surface area contributed by atoms with Crippen molar-refractivity contribution in [3.8, 4) is 11.5 Å². The quantitative estimate of drug-likeness (QED) is 0.741. The molecule has 3 N–H and O–H groups in total. The molecule has 0 aliphatic rings. The van der Waals surface area contributed by atoms with Crippen LogP contribution in [0.2, 0.25) is 5.02 Å². The number of hydrogen-bond donors (Lipinski definition) is 3. The smallest absolute Gasteiger partial charge is 0.223 e. The first-order chi connectivity index (χ1) is 10.5. The van der Waals surface area contributed by atoms with Gasteiger partial charge in [0.25, 0.3) is 0 Å². The normalized spacial score (nSPS) is 11.9. The van der Waals surface area contributed by atoms with Gasteiger partial charge in [-0.1, -0.05) is 36.7 Å². The van der Waals surface area contributed by atoms with Crippen LogP contribution in [-0.4, -0.2) is 16.1 Å². The molecule has 1 atom stereocenters. The van der Waals surface area contributed by atoms with Gasteiger partial charge in [0.05, 0.1) is 0 Å². The first kappa shape index (κ1) is 16.2. The first-order valence-corrected chi connectivity index (χ1v) is 7.36. The van der Waals surface area contributed by atoms with Gasteiger partial charge in [-0.3, -0.25) is 4.79 Å². The molecule has 0 fully saturated rings. The van der Waals surface area contributed by atoms with E-state index >= 15 is 0 Å². The molecule has 1 unspecified atom stereocenters. The summed E-state index contributed by atoms with van der Waals surface area (Å²) in [6.45, 7) is 2.27. The van der Waals surface area contributed by atoms with Crippen molar-refractivity contribution < 1.29 is 15.0 Å². The van der Waals surface area contributed by atoms with Gasteiger partial charge in [-0.2, -0.15) is 0 Å². The topological polar surface area (TPSA) is 69.6 Å². The fourth-order valence-corrected chi connectivity index (χ4v) is 2.23. The summed E-state index contributed by atoms with van der Waals surface area (Å²) in [5.74, 6) is -0.645. The van der Waals surface area contributed by atoms with Crippen molar-refractivity contribution in [3.63, 3.8) is 0 Å². The van der Waals surface area contributed by atoms with Crippen LogP contribution in [0.15, 0.2) is 42.5 Å². The van der Waals surface area contributed by atoms with Crippen LogP contribution in [0.1, 0.15) is 18.1 Å². The molecule has 0 heterocycles. The van der Waals surface area contributed by atoms with Gasteiger partial charge in [0, 0.05) is 17.5 Å². The van der Waals surface area contributed by atoms with Crippen LogP contribution in [0.5, 0.6) is 11.5 Å². The van der Waals surface area contributed by atoms with E-state index in [-0.39, 0.29) is 23.3 Å². The number of benzene rings is 2. The number of rotatable bonds is 5. The lowest BCUT2D eigenvalue weighted by Gasteiger charge is -2.13. The number of phenolic OH excluding ortho intramolecular Hbond substituents is 2. The number of carbonyl (C=O) groups is 1. The molecule has 0 aromatic heterocycles. The molecular formula is C17H18ClNO3. The van der Waals surface area contributed by atoms with Crippen LogP contribution in [-0.2, 0) is 17.8 Å². The minimum atomic E-state index is -0.240. The lowest BCUT2D eigenvalue weighted by Crippen LogP contribution is -2.29. The Hall–Kier alpha value is -2.20. The molecule has 116 valence electrons. The summed E-state index contributed by atoms with van der Waals surface area (Å²) in [6, 6.07) is 11.9. The number of hydrogen-bond acceptors (Lipinski definition) is 3. The Labute approximate surface area is 134 Å². The van der Waals surface area contributed by atoms with E-state index in [2.05, 4.69) is 5.32 Å². The van der Waals surface area contributed by atoms with Crippen LogP contribution in [0.25, 0.3) is 0 Å². The maximum absolute atomic E-state index is 12.1. The van der Waals surface area contributed by atoms with Crippen molar-refractivity contribution in [2.24, 2.45) is 5.92 Å². The lowest BCUT2D eigenvalue weighted by molar-refractivity contribution is -0.124. The average Bonchev–Trinajstić information content (AvgIpc) is 2.50. The van der Waals surface area contributed by atoms with E-state index in [1.807, 2.05) is 19.1 Å². The van der Waals surface area contributed by atoms with Crippen LogP contribution in [0, 0.1) is 5.92 Å². The highest BCUT2D eigenvalue weighted by Crippen LogP contribution is 2.26. The SMILES string of the molecule is CC(Cc1ccc(O)c(O)c1)C(=O)NCc1ccc(Cl)cc1. The predicted octanol–water partition coefficient (Wildman–Crippen LogP) is 3.25. The second kappa shape index (κ2) is 7.18. The van der Waals surface area contributed by atoms with Gasteiger partial charge in [0.2, 0.25) is 5.91 Å². The highest BCUT2D eigenvalue weighted by molar-refractivity contribution is 6.30. The lowest BCUT2D eigenvalue weighted by atomic mass is 10.00. The second-order valence-electron chi connectivity index (χ2n) is 5.27. The Morgan fingerprint density at radius 3 is 2.36 bits per heavy atom. The number of phenols is 2. The van der Waals surface area contributed by atoms with Gasteiger partial charge >= 0.3 is 0 Å². The minimum Gasteiger partial charge on any atom is -0.504 e. The summed E-state index contributed by atoms with van der Waals surface area (Å²) in [6.07, 6.45) is 0.486. The Morgan fingerprint density at radius 1 is 1.09 bits per heavy atom. The van der Waals surface area contributed by atoms with Crippen LogP contribution in [0.3, 0.4) is 0 Å². The molecule has 0 radical (unpaired) electrons. The summed E-state index contributed by atoms with van der Waals surface area (Å²) < 4.78 is 0. The third kappa shape index (κ3) is 4.40. The average molecular weight is 320 g/mol. The summed E-state index contributed by atoms with van der Waals surface area (Å²) >= 11 is 5.81. The number of halogens is 1. The first-order valence-electron chi connectivity index (χ1n) is 6.98. The van der Waals surface area contributed by atoms with Crippen LogP contribution < -0.4 is 5.32 Å². The van der Waals surface area contributed by atoms with E-state index in [1.165, 1.54) is 12.1 Å². The minimum absolute atomic E-state index is 0.0671. The molecule has 1 amide bonds. The zero-order valence-corrected chi connectivity index (χ0v) is 13.0. The van der Waals surface area contributed by atoms with E-state index in [1.54, 1.807) is 18.2 Å². The number of amides is 1. The molecule has 0 saturated heterocycles. The van der Waals surface area contributed by atoms with Gasteiger partial charge in [-0.25, -0.2) is 0 Å². The molecule has 22 heavy (non-hydrogen) atoms. The van der Waals surface area contributed by atoms with Crippen molar-refractivity contribution in [1.82, 2.24) is 5.32 Å². The maximum atomic E-state index is 12.1. The van der Waals surface area contributed by atoms with Gasteiger partial charge < -0.3 is 15.5 Å². The fraction of sp³-hybridized carbons (Fsp3) is 0.235. The molecule has 0 saturated carbocycles. The number of carbonyl (C=O) groups excluding carboxylic acids is 1. The Morgan fingerprint density at radius 2 is 1.73 bits per heavy atom. The predicted molar refractivity (Wildman–Crippen MR) is 85.9 cm³/mol. The van der Waals surface area contributed by atoms with Crippen molar-refractivity contribution in [3.05, 3.63) is 58.6 Å². The van der Waals surface area contributed by atoms with Crippen molar-refractivity contribution >= 4 is 17.5 Å². The fourth-order valence-electron chi connectivity index (χ4n) is 2.11. The Bertz CT molecular complexity index is 655. The van der Waals surface area contributed by atoms with E-state index in [9.17, 15) is 15.0 Å². The number of nitrogens with one attached hydrogen (secondary N) is 1. The van der Waals surface area contributed by atoms with E-state index in [0.717, 1.165) is 11.1 Å². The summed E-state index contributed by atoms with van der Waals surface area (Å²) in [5.41, 5.74) is 1.77. The molecule has 0 aliphatic heterocycles. The third-order valence-corrected chi connectivity index (χ3v) is 3.66. The molecule has 0 aliphatic carbocycles. The summed E-state index contributed by atoms with van der Waals surface area (Å²) in [7, 11) is 0. The second-order valence-corrected chi connectivity index (χ2v) is 5.71. The molecular weight excluding hydrogens is 302 g/mol. The monoisotopic (exact) mass is 319 g/mol. The summed E-state index contributed by atoms with van der Waals surface area (Å²) in [5, 5.41) is 22.3. The van der Waals surface area contributed by atoms with Gasteiger partial charge in [0.1, 0.15) is 0 Å². The van der Waals surface area contributed by atoms with Gasteiger partial charge in [-0.05, 0) is 41.8 Å². The standard InChI is InChI=1S/C17H18ClNO3/c1-11(8-13-4-7-15(20)16(21)9-13)17(22)19-10-12-2-5-14(18)6-3-12/h2-7,9,11,20-21H,8,10H2,1H3,(H,19,22). The highest BCUT2D eigenvalue weighted by atomic mass is 35.5. The highest BCUT2D eigenvalue weighted by Gasteiger charge is 2.14. The van der Waals surface area contributed by atoms with Gasteiger partial charge in [0.15, 0.2) is 11.5 Å². The van der Waals surface area contributed by atoms with Crippen molar-refractivity contribution in [2.75, 3.05) is 0 Å². The molecule has 2 aromatic carbocycles. The van der Waals surface area contributed by atoms with E-state index in [4.69, 9.17) is 11.6 Å². The number of aromatic hydroxyl groups is 2. The summed E-state index contributed by atoms with van der Waals surface area (Å²) in [4.78, 5) is 12.1. The Balaban J connectivity index is 1.88. The zero-order chi connectivity index (χ0) is 16.1. The van der Waals surface area contributed by atoms with E-state index in [0.29, 0.717) is 18.0 Å². The van der Waals surface area contributed by atoms with Gasteiger partial charge in [-0.15, -0.1) is 0 Å². The van der Waals surface area contributed by atoms with Crippen LogP contribution in [0.4, 0.5) is 0 Å². The van der Waals surface area contributed by atoms with E-state index < -0.39 is 0 Å². The molecule has 2 rings (SSSR count). The van der Waals surface area contributed by atoms with Crippen molar-refractivity contribution in [2.45, 2.75) is 19.9 Å². The molecule has 5 heteroatoms. The Kier molecular flexibility index (Phi) is 5.28. The molecule has 0 spiro atoms. The van der Waals surface area contributed by atoms with Crippen LogP contribution >= 0.6 is 11.6 Å². The maximum Gasteiger partial charge on any atom is 0.223 e. The largest absolute Gasteiger partial charge is 0.504 e. The molecule has 0 bridgehead atoms.